The highest BCUT2D eigenvalue weighted by Crippen LogP contribution is 2.22. The number of hydrogen-bond donors (Lipinski definition) is 3. The molecule has 5 amide bonds. The first-order chi connectivity index (χ1) is 13.3. The first-order valence-corrected chi connectivity index (χ1v) is 11.1. The maximum atomic E-state index is 12.9. The summed E-state index contributed by atoms with van der Waals surface area (Å²) in [6.07, 6.45) is 7.61. The van der Waals surface area contributed by atoms with Gasteiger partial charge in [-0.25, -0.2) is 4.79 Å². The van der Waals surface area contributed by atoms with Gasteiger partial charge < -0.3 is 26.2 Å². The van der Waals surface area contributed by atoms with Gasteiger partial charge in [0, 0.05) is 19.6 Å². The van der Waals surface area contributed by atoms with Crippen molar-refractivity contribution in [1.29, 1.82) is 0 Å². The quantitative estimate of drug-likeness (QED) is 0.537. The fourth-order valence-corrected chi connectivity index (χ4v) is 4.33. The number of hydrogen-bond acceptors (Lipinski definition) is 5. The Balaban J connectivity index is 2.06. The van der Waals surface area contributed by atoms with Gasteiger partial charge in [-0.2, -0.15) is 11.8 Å². The Morgan fingerprint density at radius 1 is 1.11 bits per heavy atom. The van der Waals surface area contributed by atoms with Crippen LogP contribution in [0.1, 0.15) is 38.5 Å². The second-order valence-corrected chi connectivity index (χ2v) is 8.34. The second kappa shape index (κ2) is 10.5. The van der Waals surface area contributed by atoms with Crippen LogP contribution in [0.5, 0.6) is 0 Å². The highest BCUT2D eigenvalue weighted by atomic mass is 32.2. The van der Waals surface area contributed by atoms with Crippen LogP contribution in [0.2, 0.25) is 0 Å². The molecule has 1 saturated heterocycles. The molecule has 2 atom stereocenters. The van der Waals surface area contributed by atoms with Gasteiger partial charge in [-0.05, 0) is 25.5 Å². The summed E-state index contributed by atoms with van der Waals surface area (Å²) in [5.74, 6) is -0.927. The van der Waals surface area contributed by atoms with Crippen molar-refractivity contribution in [2.75, 3.05) is 32.1 Å². The van der Waals surface area contributed by atoms with E-state index in [1.807, 2.05) is 6.26 Å². The van der Waals surface area contributed by atoms with Crippen molar-refractivity contribution < 1.29 is 19.2 Å². The Bertz CT molecular complexity index is 597. The number of nitrogens with two attached hydrogens (primary N) is 1. The summed E-state index contributed by atoms with van der Waals surface area (Å²) in [4.78, 5) is 51.8. The smallest absolute Gasteiger partial charge is 0.315 e. The molecule has 2 aliphatic rings. The van der Waals surface area contributed by atoms with Crippen LogP contribution in [0.15, 0.2) is 0 Å². The summed E-state index contributed by atoms with van der Waals surface area (Å²) in [6.45, 7) is 0.148. The standard InChI is InChI=1S/C18H31N5O4S/c1-22(10-14(19)24)17(26)16-13(8-9-23(16)15(25)11-28-2)21-18(27)20-12-6-4-3-5-7-12/h12-13,16H,3-11H2,1-2H3,(H2,19,24)(H2,20,21,27). The molecule has 4 N–H and O–H groups in total. The number of thioether (sulfide) groups is 1. The summed E-state index contributed by atoms with van der Waals surface area (Å²) in [5.41, 5.74) is 5.20. The summed E-state index contributed by atoms with van der Waals surface area (Å²) in [7, 11) is 1.47. The van der Waals surface area contributed by atoms with E-state index in [1.54, 1.807) is 0 Å². The second-order valence-electron chi connectivity index (χ2n) is 7.47. The van der Waals surface area contributed by atoms with Crippen molar-refractivity contribution in [3.05, 3.63) is 0 Å². The molecule has 0 aromatic carbocycles. The SMILES string of the molecule is CSCC(=O)N1CCC(NC(=O)NC2CCCCC2)C1C(=O)N(C)CC(N)=O. The minimum Gasteiger partial charge on any atom is -0.368 e. The molecule has 2 unspecified atom stereocenters. The molecule has 2 fully saturated rings. The Morgan fingerprint density at radius 3 is 2.39 bits per heavy atom. The van der Waals surface area contributed by atoms with Crippen LogP contribution >= 0.6 is 11.8 Å². The number of likely N-dealkylation sites (N-methyl/N-ethyl adjacent to an activating group) is 1. The van der Waals surface area contributed by atoms with Crippen LogP contribution in [0.3, 0.4) is 0 Å². The van der Waals surface area contributed by atoms with Crippen molar-refractivity contribution in [2.45, 2.75) is 56.7 Å². The Kier molecular flexibility index (Phi) is 8.40. The van der Waals surface area contributed by atoms with E-state index in [-0.39, 0.29) is 30.3 Å². The van der Waals surface area contributed by atoms with Gasteiger partial charge in [-0.15, -0.1) is 0 Å². The van der Waals surface area contributed by atoms with Crippen molar-refractivity contribution in [2.24, 2.45) is 5.73 Å². The van der Waals surface area contributed by atoms with E-state index >= 15 is 0 Å². The first kappa shape index (κ1) is 22.3. The van der Waals surface area contributed by atoms with E-state index in [0.717, 1.165) is 25.7 Å². The van der Waals surface area contributed by atoms with Crippen LogP contribution in [-0.4, -0.2) is 83.8 Å². The van der Waals surface area contributed by atoms with Gasteiger partial charge in [-0.1, -0.05) is 19.3 Å². The van der Waals surface area contributed by atoms with E-state index < -0.39 is 23.9 Å². The minimum atomic E-state index is -0.832. The fraction of sp³-hybridized carbons (Fsp3) is 0.778. The van der Waals surface area contributed by atoms with Gasteiger partial charge in [0.2, 0.25) is 17.7 Å². The number of carbonyl (C=O) groups excluding carboxylic acids is 4. The highest BCUT2D eigenvalue weighted by Gasteiger charge is 2.43. The Labute approximate surface area is 170 Å². The average Bonchev–Trinajstić information content (AvgIpc) is 3.04. The molecule has 1 saturated carbocycles. The molecule has 1 aliphatic heterocycles. The van der Waals surface area contributed by atoms with E-state index in [0.29, 0.717) is 13.0 Å². The lowest BCUT2D eigenvalue weighted by molar-refractivity contribution is -0.143. The number of nitrogens with zero attached hydrogens (tertiary/aromatic N) is 2. The molecule has 158 valence electrons. The minimum absolute atomic E-state index is 0.149. The third-order valence-corrected chi connectivity index (χ3v) is 5.80. The number of rotatable bonds is 7. The summed E-state index contributed by atoms with van der Waals surface area (Å²) < 4.78 is 0. The predicted molar refractivity (Wildman–Crippen MR) is 108 cm³/mol. The van der Waals surface area contributed by atoms with Crippen LogP contribution in [-0.2, 0) is 14.4 Å². The number of carbonyl (C=O) groups is 4. The van der Waals surface area contributed by atoms with Crippen molar-refractivity contribution in [1.82, 2.24) is 20.4 Å². The highest BCUT2D eigenvalue weighted by molar-refractivity contribution is 7.99. The zero-order valence-electron chi connectivity index (χ0n) is 16.6. The lowest BCUT2D eigenvalue weighted by atomic mass is 9.96. The van der Waals surface area contributed by atoms with Crippen LogP contribution in [0, 0.1) is 0 Å². The Hall–Kier alpha value is -1.97. The van der Waals surface area contributed by atoms with Gasteiger partial charge in [0.15, 0.2) is 0 Å². The number of primary amides is 1. The maximum Gasteiger partial charge on any atom is 0.315 e. The predicted octanol–water partition coefficient (Wildman–Crippen LogP) is -0.105. The van der Waals surface area contributed by atoms with E-state index in [9.17, 15) is 19.2 Å². The van der Waals surface area contributed by atoms with Crippen LogP contribution < -0.4 is 16.4 Å². The lowest BCUT2D eigenvalue weighted by Crippen LogP contribution is -2.57. The lowest BCUT2D eigenvalue weighted by Gasteiger charge is -2.31. The number of urea groups is 1. The molecule has 9 nitrogen and oxygen atoms in total. The number of amides is 5. The first-order valence-electron chi connectivity index (χ1n) is 9.72. The summed E-state index contributed by atoms with van der Waals surface area (Å²) in [5, 5.41) is 5.86. The third-order valence-electron chi connectivity index (χ3n) is 5.27. The van der Waals surface area contributed by atoms with E-state index in [2.05, 4.69) is 10.6 Å². The van der Waals surface area contributed by atoms with Gasteiger partial charge in [-0.3, -0.25) is 14.4 Å². The number of nitrogens with one attached hydrogen (secondary N) is 2. The molecule has 0 aromatic heterocycles. The third kappa shape index (κ3) is 6.02. The van der Waals surface area contributed by atoms with E-state index in [4.69, 9.17) is 5.73 Å². The molecule has 1 heterocycles. The van der Waals surface area contributed by atoms with E-state index in [1.165, 1.54) is 35.0 Å². The largest absolute Gasteiger partial charge is 0.368 e. The summed E-state index contributed by atoms with van der Waals surface area (Å²) in [6, 6.07) is -1.50. The molecule has 1 aliphatic carbocycles. The zero-order chi connectivity index (χ0) is 20.7. The van der Waals surface area contributed by atoms with Crippen LogP contribution in [0.4, 0.5) is 4.79 Å². The fourth-order valence-electron chi connectivity index (χ4n) is 3.91. The normalized spacial score (nSPS) is 22.6. The Morgan fingerprint density at radius 2 is 1.79 bits per heavy atom. The van der Waals surface area contributed by atoms with Crippen molar-refractivity contribution in [3.8, 4) is 0 Å². The molecule has 0 aromatic rings. The van der Waals surface area contributed by atoms with Crippen molar-refractivity contribution >= 4 is 35.5 Å². The summed E-state index contributed by atoms with van der Waals surface area (Å²) >= 11 is 1.38. The van der Waals surface area contributed by atoms with Crippen LogP contribution in [0.25, 0.3) is 0 Å². The topological polar surface area (TPSA) is 125 Å². The van der Waals surface area contributed by atoms with Crippen molar-refractivity contribution in [3.63, 3.8) is 0 Å². The molecule has 0 bridgehead atoms. The van der Waals surface area contributed by atoms with Gasteiger partial charge >= 0.3 is 6.03 Å². The monoisotopic (exact) mass is 413 g/mol. The molecular formula is C18H31N5O4S. The molecule has 28 heavy (non-hydrogen) atoms. The molecule has 10 heteroatoms. The maximum absolute atomic E-state index is 12.9. The molecule has 0 spiro atoms. The van der Waals surface area contributed by atoms with Gasteiger partial charge in [0.1, 0.15) is 6.04 Å². The van der Waals surface area contributed by atoms with Gasteiger partial charge in [0.05, 0.1) is 18.3 Å². The molecule has 0 radical (unpaired) electrons. The van der Waals surface area contributed by atoms with Gasteiger partial charge in [0.25, 0.3) is 0 Å². The number of likely N-dealkylation sites (tertiary alicyclic amines) is 1. The average molecular weight is 414 g/mol. The zero-order valence-corrected chi connectivity index (χ0v) is 17.4. The molecular weight excluding hydrogens is 382 g/mol. The molecule has 2 rings (SSSR count).